The first-order chi connectivity index (χ1) is 12.2. The third kappa shape index (κ3) is 3.78. The first-order valence-corrected chi connectivity index (χ1v) is 7.79. The van der Waals surface area contributed by atoms with Crippen molar-refractivity contribution in [1.29, 1.82) is 0 Å². The van der Waals surface area contributed by atoms with E-state index in [1.165, 1.54) is 6.07 Å². The van der Waals surface area contributed by atoms with Gasteiger partial charge in [-0.15, -0.1) is 0 Å². The standard InChI is InChI=1S/C22H15FO2/c23-22-4-2-1-3-20(22)13-21(18-9-5-16(14-24)6-10-18)19-11-7-17(15-25)8-12-19/h1-15H. The van der Waals surface area contributed by atoms with Crippen molar-refractivity contribution in [3.05, 3.63) is 106 Å². The lowest BCUT2D eigenvalue weighted by Gasteiger charge is -2.10. The highest BCUT2D eigenvalue weighted by Gasteiger charge is 2.08. The molecule has 2 nitrogen and oxygen atoms in total. The molecular formula is C22H15FO2. The van der Waals surface area contributed by atoms with Crippen LogP contribution in [0.4, 0.5) is 4.39 Å². The molecule has 0 amide bonds. The monoisotopic (exact) mass is 330 g/mol. The lowest BCUT2D eigenvalue weighted by molar-refractivity contribution is 0.111. The minimum Gasteiger partial charge on any atom is -0.298 e. The van der Waals surface area contributed by atoms with E-state index in [0.29, 0.717) is 16.7 Å². The summed E-state index contributed by atoms with van der Waals surface area (Å²) in [4.78, 5) is 21.7. The first-order valence-electron chi connectivity index (χ1n) is 7.79. The molecule has 0 unspecified atom stereocenters. The van der Waals surface area contributed by atoms with Gasteiger partial charge >= 0.3 is 0 Å². The molecule has 0 atom stereocenters. The summed E-state index contributed by atoms with van der Waals surface area (Å²) in [6.07, 6.45) is 3.33. The molecule has 0 heterocycles. The van der Waals surface area contributed by atoms with Crippen molar-refractivity contribution in [2.45, 2.75) is 0 Å². The van der Waals surface area contributed by atoms with Crippen LogP contribution in [-0.2, 0) is 0 Å². The third-order valence-corrected chi connectivity index (χ3v) is 3.92. The van der Waals surface area contributed by atoms with E-state index in [2.05, 4.69) is 0 Å². The van der Waals surface area contributed by atoms with Gasteiger partial charge in [0.05, 0.1) is 0 Å². The lowest BCUT2D eigenvalue weighted by Crippen LogP contribution is -1.92. The van der Waals surface area contributed by atoms with Gasteiger partial charge < -0.3 is 0 Å². The van der Waals surface area contributed by atoms with Gasteiger partial charge in [0, 0.05) is 16.7 Å². The molecule has 0 radical (unpaired) electrons. The second-order valence-electron chi connectivity index (χ2n) is 5.56. The predicted molar refractivity (Wildman–Crippen MR) is 97.0 cm³/mol. The van der Waals surface area contributed by atoms with Crippen molar-refractivity contribution in [1.82, 2.24) is 0 Å². The van der Waals surface area contributed by atoms with Gasteiger partial charge in [0.1, 0.15) is 18.4 Å². The summed E-state index contributed by atoms with van der Waals surface area (Å²) in [5.41, 5.74) is 4.13. The zero-order chi connectivity index (χ0) is 17.6. The van der Waals surface area contributed by atoms with Crippen LogP contribution in [0.3, 0.4) is 0 Å². The molecule has 0 bridgehead atoms. The zero-order valence-corrected chi connectivity index (χ0v) is 13.4. The Balaban J connectivity index is 2.14. The molecule has 122 valence electrons. The Hall–Kier alpha value is -3.33. The van der Waals surface area contributed by atoms with Gasteiger partial charge in [-0.2, -0.15) is 0 Å². The van der Waals surface area contributed by atoms with Gasteiger partial charge in [-0.25, -0.2) is 4.39 Å². The first kappa shape index (κ1) is 16.5. The van der Waals surface area contributed by atoms with Crippen LogP contribution in [0.15, 0.2) is 72.8 Å². The number of hydrogen-bond acceptors (Lipinski definition) is 2. The van der Waals surface area contributed by atoms with E-state index in [1.807, 2.05) is 24.3 Å². The molecule has 3 heteroatoms. The van der Waals surface area contributed by atoms with Gasteiger partial charge in [0.25, 0.3) is 0 Å². The summed E-state index contributed by atoms with van der Waals surface area (Å²) in [7, 11) is 0. The number of hydrogen-bond donors (Lipinski definition) is 0. The molecule has 0 fully saturated rings. The second-order valence-corrected chi connectivity index (χ2v) is 5.56. The Labute approximate surface area is 145 Å². The number of carbonyl (C=O) groups excluding carboxylic acids is 2. The van der Waals surface area contributed by atoms with Gasteiger partial charge in [-0.05, 0) is 28.8 Å². The van der Waals surface area contributed by atoms with Crippen molar-refractivity contribution >= 4 is 24.2 Å². The fourth-order valence-corrected chi connectivity index (χ4v) is 2.56. The summed E-state index contributed by atoms with van der Waals surface area (Å²) in [6.45, 7) is 0. The smallest absolute Gasteiger partial charge is 0.150 e. The summed E-state index contributed by atoms with van der Waals surface area (Å²) < 4.78 is 14.1. The molecule has 0 saturated carbocycles. The van der Waals surface area contributed by atoms with Crippen LogP contribution in [0, 0.1) is 5.82 Å². The molecule has 3 aromatic rings. The maximum Gasteiger partial charge on any atom is 0.150 e. The summed E-state index contributed by atoms with van der Waals surface area (Å²) in [5.74, 6) is -0.311. The normalized spacial score (nSPS) is 10.1. The highest BCUT2D eigenvalue weighted by atomic mass is 19.1. The van der Waals surface area contributed by atoms with Crippen molar-refractivity contribution in [3.8, 4) is 0 Å². The largest absolute Gasteiger partial charge is 0.298 e. The number of benzene rings is 3. The van der Waals surface area contributed by atoms with Gasteiger partial charge in [0.15, 0.2) is 0 Å². The molecule has 25 heavy (non-hydrogen) atoms. The van der Waals surface area contributed by atoms with E-state index >= 15 is 0 Å². The molecular weight excluding hydrogens is 315 g/mol. The van der Waals surface area contributed by atoms with E-state index in [0.717, 1.165) is 29.3 Å². The summed E-state index contributed by atoms with van der Waals surface area (Å²) >= 11 is 0. The van der Waals surface area contributed by atoms with Crippen LogP contribution in [0.25, 0.3) is 11.6 Å². The predicted octanol–water partition coefficient (Wildman–Crippen LogP) is 5.04. The number of aldehydes is 2. The molecule has 0 aliphatic carbocycles. The van der Waals surface area contributed by atoms with E-state index < -0.39 is 0 Å². The Bertz CT molecular complexity index is 870. The van der Waals surface area contributed by atoms with Crippen LogP contribution in [-0.4, -0.2) is 12.6 Å². The van der Waals surface area contributed by atoms with Gasteiger partial charge in [-0.3, -0.25) is 9.59 Å². The van der Waals surface area contributed by atoms with Crippen LogP contribution in [0.2, 0.25) is 0 Å². The molecule has 3 rings (SSSR count). The maximum absolute atomic E-state index is 14.1. The number of halogens is 1. The molecule has 0 aliphatic rings. The average Bonchev–Trinajstić information content (AvgIpc) is 2.68. The maximum atomic E-state index is 14.1. The fourth-order valence-electron chi connectivity index (χ4n) is 2.56. The van der Waals surface area contributed by atoms with Crippen LogP contribution in [0.5, 0.6) is 0 Å². The van der Waals surface area contributed by atoms with Crippen LogP contribution in [0.1, 0.15) is 37.4 Å². The highest BCUT2D eigenvalue weighted by molar-refractivity contribution is 5.92. The summed E-state index contributed by atoms with van der Waals surface area (Å²) in [6, 6.07) is 20.7. The molecule has 0 spiro atoms. The Morgan fingerprint density at radius 3 is 1.60 bits per heavy atom. The highest BCUT2D eigenvalue weighted by Crippen LogP contribution is 2.27. The second kappa shape index (κ2) is 7.49. The van der Waals surface area contributed by atoms with E-state index in [9.17, 15) is 14.0 Å². The van der Waals surface area contributed by atoms with Crippen molar-refractivity contribution in [2.75, 3.05) is 0 Å². The molecule has 3 aromatic carbocycles. The number of carbonyl (C=O) groups is 2. The minimum atomic E-state index is -0.311. The van der Waals surface area contributed by atoms with E-state index in [4.69, 9.17) is 0 Å². The van der Waals surface area contributed by atoms with Gasteiger partial charge in [-0.1, -0.05) is 66.7 Å². The summed E-state index contributed by atoms with van der Waals surface area (Å²) in [5, 5.41) is 0. The van der Waals surface area contributed by atoms with E-state index in [1.54, 1.807) is 48.5 Å². The fraction of sp³-hybridized carbons (Fsp3) is 0. The van der Waals surface area contributed by atoms with Gasteiger partial charge in [0.2, 0.25) is 0 Å². The molecule has 0 aromatic heterocycles. The lowest BCUT2D eigenvalue weighted by atomic mass is 9.94. The molecule has 0 saturated heterocycles. The van der Waals surface area contributed by atoms with Crippen molar-refractivity contribution in [3.63, 3.8) is 0 Å². The minimum absolute atomic E-state index is 0.311. The van der Waals surface area contributed by atoms with Crippen molar-refractivity contribution in [2.24, 2.45) is 0 Å². The van der Waals surface area contributed by atoms with Crippen LogP contribution >= 0.6 is 0 Å². The quantitative estimate of drug-likeness (QED) is 0.485. The number of rotatable bonds is 5. The topological polar surface area (TPSA) is 34.1 Å². The van der Waals surface area contributed by atoms with Crippen LogP contribution < -0.4 is 0 Å². The Morgan fingerprint density at radius 2 is 1.16 bits per heavy atom. The molecule has 0 aliphatic heterocycles. The third-order valence-electron chi connectivity index (χ3n) is 3.92. The Morgan fingerprint density at radius 1 is 0.680 bits per heavy atom. The average molecular weight is 330 g/mol. The van der Waals surface area contributed by atoms with Crippen molar-refractivity contribution < 1.29 is 14.0 Å². The molecule has 0 N–H and O–H groups in total. The Kier molecular flexibility index (Phi) is 4.95. The SMILES string of the molecule is O=Cc1ccc(C(=Cc2ccccc2F)c2ccc(C=O)cc2)cc1. The van der Waals surface area contributed by atoms with E-state index in [-0.39, 0.29) is 5.82 Å². The zero-order valence-electron chi connectivity index (χ0n) is 13.4.